The standard InChI is InChI=1S/C25H25NO6/c1-30-17-3-5-18(6-4-17)31-19-7-9-22-21(13-19)24(29)20-8-2-16(12-23(20)32-22)10-11-25(26,14-27)15-28/h2-9,12-13,27-28H,10-11,14-15,26H2,1H3. The van der Waals surface area contributed by atoms with Crippen LogP contribution in [0.3, 0.4) is 0 Å². The number of aliphatic hydroxyl groups excluding tert-OH is 2. The summed E-state index contributed by atoms with van der Waals surface area (Å²) in [4.78, 5) is 13.1. The van der Waals surface area contributed by atoms with Gasteiger partial charge in [0, 0.05) is 0 Å². The Hall–Kier alpha value is -3.39. The van der Waals surface area contributed by atoms with E-state index >= 15 is 0 Å². The quantitative estimate of drug-likeness (QED) is 0.364. The van der Waals surface area contributed by atoms with E-state index in [-0.39, 0.29) is 18.6 Å². The Kier molecular flexibility index (Phi) is 6.14. The van der Waals surface area contributed by atoms with Gasteiger partial charge >= 0.3 is 0 Å². The van der Waals surface area contributed by atoms with Crippen LogP contribution in [0.5, 0.6) is 17.2 Å². The van der Waals surface area contributed by atoms with Crippen LogP contribution in [0.15, 0.2) is 69.9 Å². The van der Waals surface area contributed by atoms with Gasteiger partial charge in [0.05, 0.1) is 36.6 Å². The topological polar surface area (TPSA) is 115 Å². The average Bonchev–Trinajstić information content (AvgIpc) is 2.83. The molecule has 4 rings (SSSR count). The molecule has 0 unspecified atom stereocenters. The lowest BCUT2D eigenvalue weighted by molar-refractivity contribution is 0.115. The molecule has 166 valence electrons. The molecular formula is C25H25NO6. The predicted molar refractivity (Wildman–Crippen MR) is 122 cm³/mol. The summed E-state index contributed by atoms with van der Waals surface area (Å²) in [5.74, 6) is 1.88. The zero-order valence-corrected chi connectivity index (χ0v) is 17.7. The SMILES string of the molecule is COc1ccc(Oc2ccc3oc4cc(CCC(N)(CO)CO)ccc4c(=O)c3c2)cc1. The van der Waals surface area contributed by atoms with Gasteiger partial charge in [0.15, 0.2) is 0 Å². The first-order chi connectivity index (χ1) is 15.4. The summed E-state index contributed by atoms with van der Waals surface area (Å²) in [6.07, 6.45) is 0.930. The second kappa shape index (κ2) is 9.00. The van der Waals surface area contributed by atoms with Gasteiger partial charge in [-0.1, -0.05) is 6.07 Å². The van der Waals surface area contributed by atoms with Crippen molar-refractivity contribution in [1.29, 1.82) is 0 Å². The smallest absolute Gasteiger partial charge is 0.200 e. The molecule has 4 aromatic rings. The highest BCUT2D eigenvalue weighted by Crippen LogP contribution is 2.28. The van der Waals surface area contributed by atoms with Crippen LogP contribution in [0.25, 0.3) is 21.9 Å². The first-order valence-electron chi connectivity index (χ1n) is 10.3. The molecule has 0 atom stereocenters. The third-order valence-electron chi connectivity index (χ3n) is 5.54. The molecule has 32 heavy (non-hydrogen) atoms. The third-order valence-corrected chi connectivity index (χ3v) is 5.54. The van der Waals surface area contributed by atoms with Crippen LogP contribution in [0, 0.1) is 0 Å². The molecule has 0 bridgehead atoms. The fraction of sp³-hybridized carbons (Fsp3) is 0.240. The number of rotatable bonds is 8. The minimum absolute atomic E-state index is 0.146. The molecule has 7 heteroatoms. The van der Waals surface area contributed by atoms with Gasteiger partial charge in [-0.15, -0.1) is 0 Å². The lowest BCUT2D eigenvalue weighted by Crippen LogP contribution is -2.47. The van der Waals surface area contributed by atoms with Crippen LogP contribution in [-0.2, 0) is 6.42 Å². The minimum atomic E-state index is -1.04. The van der Waals surface area contributed by atoms with Gasteiger partial charge in [0.25, 0.3) is 0 Å². The molecule has 1 aromatic heterocycles. The maximum Gasteiger partial charge on any atom is 0.200 e. The summed E-state index contributed by atoms with van der Waals surface area (Å²) in [6.45, 7) is -0.616. The predicted octanol–water partition coefficient (Wildman–Crippen LogP) is 3.36. The highest BCUT2D eigenvalue weighted by atomic mass is 16.5. The molecule has 0 fully saturated rings. The van der Waals surface area contributed by atoms with E-state index in [0.717, 1.165) is 11.3 Å². The van der Waals surface area contributed by atoms with Crippen LogP contribution in [0.4, 0.5) is 0 Å². The van der Waals surface area contributed by atoms with Crippen molar-refractivity contribution in [1.82, 2.24) is 0 Å². The van der Waals surface area contributed by atoms with Gasteiger partial charge in [-0.25, -0.2) is 0 Å². The summed E-state index contributed by atoms with van der Waals surface area (Å²) >= 11 is 0. The number of hydrogen-bond acceptors (Lipinski definition) is 7. The fourth-order valence-electron chi connectivity index (χ4n) is 3.48. The van der Waals surface area contributed by atoms with Crippen LogP contribution in [0.1, 0.15) is 12.0 Å². The van der Waals surface area contributed by atoms with Crippen LogP contribution in [-0.4, -0.2) is 36.1 Å². The molecule has 3 aromatic carbocycles. The van der Waals surface area contributed by atoms with E-state index in [4.69, 9.17) is 19.6 Å². The largest absolute Gasteiger partial charge is 0.497 e. The van der Waals surface area contributed by atoms with Crippen molar-refractivity contribution >= 4 is 21.9 Å². The Balaban J connectivity index is 1.63. The van der Waals surface area contributed by atoms with E-state index in [0.29, 0.717) is 46.3 Å². The van der Waals surface area contributed by atoms with Gasteiger partial charge in [0.2, 0.25) is 5.43 Å². The number of nitrogens with two attached hydrogens (primary N) is 1. The molecule has 4 N–H and O–H groups in total. The maximum absolute atomic E-state index is 13.1. The first-order valence-corrected chi connectivity index (χ1v) is 10.3. The number of aliphatic hydroxyl groups is 2. The fourth-order valence-corrected chi connectivity index (χ4v) is 3.48. The molecule has 0 aliphatic heterocycles. The van der Waals surface area contributed by atoms with Gasteiger partial charge in [-0.3, -0.25) is 4.79 Å². The third kappa shape index (κ3) is 4.45. The van der Waals surface area contributed by atoms with Crippen LogP contribution in [0.2, 0.25) is 0 Å². The lowest BCUT2D eigenvalue weighted by Gasteiger charge is -2.24. The molecule has 7 nitrogen and oxygen atoms in total. The molecule has 0 aliphatic carbocycles. The summed E-state index contributed by atoms with van der Waals surface area (Å²) in [7, 11) is 1.60. The molecular weight excluding hydrogens is 410 g/mol. The maximum atomic E-state index is 13.1. The van der Waals surface area contributed by atoms with Crippen LogP contribution < -0.4 is 20.6 Å². The monoisotopic (exact) mass is 435 g/mol. The zero-order chi connectivity index (χ0) is 22.7. The summed E-state index contributed by atoms with van der Waals surface area (Å²) in [6, 6.07) is 17.7. The second-order valence-electron chi connectivity index (χ2n) is 7.88. The number of benzene rings is 3. The summed E-state index contributed by atoms with van der Waals surface area (Å²) in [5.41, 5.74) is 6.59. The Morgan fingerprint density at radius 3 is 2.25 bits per heavy atom. The molecule has 0 spiro atoms. The van der Waals surface area contributed by atoms with Crippen molar-refractivity contribution in [3.05, 3.63) is 76.5 Å². The van der Waals surface area contributed by atoms with E-state index in [1.165, 1.54) is 0 Å². The van der Waals surface area contributed by atoms with E-state index in [1.807, 2.05) is 6.07 Å². The van der Waals surface area contributed by atoms with E-state index < -0.39 is 5.54 Å². The van der Waals surface area contributed by atoms with Crippen molar-refractivity contribution in [2.24, 2.45) is 5.73 Å². The Labute approximate surface area is 184 Å². The molecule has 0 aliphatic rings. The number of hydrogen-bond donors (Lipinski definition) is 3. The average molecular weight is 435 g/mol. The number of ether oxygens (including phenoxy) is 2. The lowest BCUT2D eigenvalue weighted by atomic mass is 9.93. The highest BCUT2D eigenvalue weighted by Gasteiger charge is 2.22. The Bertz CT molecular complexity index is 1290. The van der Waals surface area contributed by atoms with Crippen molar-refractivity contribution < 1.29 is 24.1 Å². The van der Waals surface area contributed by atoms with Gasteiger partial charge < -0.3 is 29.8 Å². The molecule has 0 saturated heterocycles. The highest BCUT2D eigenvalue weighted by molar-refractivity contribution is 5.90. The summed E-state index contributed by atoms with van der Waals surface area (Å²) < 4.78 is 17.0. The second-order valence-corrected chi connectivity index (χ2v) is 7.88. The minimum Gasteiger partial charge on any atom is -0.497 e. The summed E-state index contributed by atoms with van der Waals surface area (Å²) in [5, 5.41) is 19.6. The molecule has 0 saturated carbocycles. The molecule has 0 radical (unpaired) electrons. The number of methoxy groups -OCH3 is 1. The van der Waals surface area contributed by atoms with Crippen molar-refractivity contribution in [3.8, 4) is 17.2 Å². The molecule has 0 amide bonds. The van der Waals surface area contributed by atoms with E-state index in [1.54, 1.807) is 61.7 Å². The number of fused-ring (bicyclic) bond motifs is 2. The van der Waals surface area contributed by atoms with Gasteiger partial charge in [0.1, 0.15) is 28.4 Å². The van der Waals surface area contributed by atoms with Crippen molar-refractivity contribution in [2.45, 2.75) is 18.4 Å². The van der Waals surface area contributed by atoms with E-state index in [9.17, 15) is 15.0 Å². The van der Waals surface area contributed by atoms with Crippen LogP contribution >= 0.6 is 0 Å². The van der Waals surface area contributed by atoms with Crippen molar-refractivity contribution in [3.63, 3.8) is 0 Å². The zero-order valence-electron chi connectivity index (χ0n) is 17.7. The van der Waals surface area contributed by atoms with E-state index in [2.05, 4.69) is 0 Å². The first kappa shape index (κ1) is 21.8. The van der Waals surface area contributed by atoms with Crippen molar-refractivity contribution in [2.75, 3.05) is 20.3 Å². The van der Waals surface area contributed by atoms with Gasteiger partial charge in [-0.2, -0.15) is 0 Å². The normalized spacial score (nSPS) is 11.8. The Morgan fingerprint density at radius 2 is 1.56 bits per heavy atom. The van der Waals surface area contributed by atoms with Gasteiger partial charge in [-0.05, 0) is 73.0 Å². The molecule has 1 heterocycles. The Morgan fingerprint density at radius 1 is 0.875 bits per heavy atom. The number of aryl methyl sites for hydroxylation is 1.